The molecule has 0 bridgehead atoms. The van der Waals surface area contributed by atoms with Crippen LogP contribution >= 0.6 is 0 Å². The summed E-state index contributed by atoms with van der Waals surface area (Å²) in [7, 11) is 1.35. The zero-order chi connectivity index (χ0) is 11.5. The molecule has 0 fully saturated rings. The van der Waals surface area contributed by atoms with E-state index in [1.54, 1.807) is 6.07 Å². The van der Waals surface area contributed by atoms with Crippen LogP contribution in [-0.2, 0) is 0 Å². The first-order valence-corrected chi connectivity index (χ1v) is 4.36. The van der Waals surface area contributed by atoms with Gasteiger partial charge in [0.25, 0.3) is 5.95 Å². The van der Waals surface area contributed by atoms with Crippen molar-refractivity contribution in [2.75, 3.05) is 7.11 Å². The van der Waals surface area contributed by atoms with Gasteiger partial charge in [-0.25, -0.2) is 19.4 Å². The lowest BCUT2D eigenvalue weighted by molar-refractivity contribution is 0.0693. The highest BCUT2D eigenvalue weighted by Gasteiger charge is 2.17. The average molecular weight is 220 g/mol. The molecule has 0 aliphatic heterocycles. The van der Waals surface area contributed by atoms with Gasteiger partial charge >= 0.3 is 5.97 Å². The fraction of sp³-hybridized carbons (Fsp3) is 0.111. The van der Waals surface area contributed by atoms with E-state index in [0.29, 0.717) is 0 Å². The van der Waals surface area contributed by atoms with E-state index in [0.717, 1.165) is 0 Å². The van der Waals surface area contributed by atoms with Crippen molar-refractivity contribution < 1.29 is 14.6 Å². The van der Waals surface area contributed by atoms with Crippen molar-refractivity contribution in [3.8, 4) is 11.8 Å². The van der Waals surface area contributed by atoms with Crippen LogP contribution in [0.2, 0.25) is 0 Å². The SMILES string of the molecule is COc1nn(-c2ncccn2)cc1C(=O)O. The molecular weight excluding hydrogens is 212 g/mol. The fourth-order valence-electron chi connectivity index (χ4n) is 1.17. The second kappa shape index (κ2) is 3.97. The largest absolute Gasteiger partial charge is 0.479 e. The zero-order valence-electron chi connectivity index (χ0n) is 8.36. The summed E-state index contributed by atoms with van der Waals surface area (Å²) in [6.45, 7) is 0. The van der Waals surface area contributed by atoms with Crippen LogP contribution in [0.5, 0.6) is 5.88 Å². The molecule has 0 aromatic carbocycles. The van der Waals surface area contributed by atoms with Gasteiger partial charge in [-0.15, -0.1) is 5.10 Å². The highest BCUT2D eigenvalue weighted by Crippen LogP contribution is 2.16. The number of hydrogen-bond donors (Lipinski definition) is 1. The summed E-state index contributed by atoms with van der Waals surface area (Å²) >= 11 is 0. The Labute approximate surface area is 90.3 Å². The molecular formula is C9H8N4O3. The zero-order valence-corrected chi connectivity index (χ0v) is 8.36. The molecule has 0 radical (unpaired) electrons. The molecule has 0 aliphatic carbocycles. The van der Waals surface area contributed by atoms with Crippen molar-refractivity contribution in [3.05, 3.63) is 30.2 Å². The topological polar surface area (TPSA) is 90.1 Å². The van der Waals surface area contributed by atoms with Gasteiger partial charge in [0, 0.05) is 12.4 Å². The Hall–Kier alpha value is -2.44. The molecule has 1 N–H and O–H groups in total. The third-order valence-corrected chi connectivity index (χ3v) is 1.86. The van der Waals surface area contributed by atoms with E-state index in [1.165, 1.54) is 30.4 Å². The molecule has 0 amide bonds. The van der Waals surface area contributed by atoms with Gasteiger partial charge in [-0.05, 0) is 6.07 Å². The Bertz CT molecular complexity index is 509. The van der Waals surface area contributed by atoms with Crippen LogP contribution in [0.3, 0.4) is 0 Å². The Morgan fingerprint density at radius 1 is 1.44 bits per heavy atom. The molecule has 7 heteroatoms. The summed E-state index contributed by atoms with van der Waals surface area (Å²) in [5.41, 5.74) is -0.0325. The summed E-state index contributed by atoms with van der Waals surface area (Å²) in [5.74, 6) is -0.799. The van der Waals surface area contributed by atoms with Crippen molar-refractivity contribution in [2.45, 2.75) is 0 Å². The molecule has 0 spiro atoms. The van der Waals surface area contributed by atoms with Crippen LogP contribution in [-0.4, -0.2) is 37.9 Å². The van der Waals surface area contributed by atoms with Gasteiger partial charge in [-0.1, -0.05) is 0 Å². The van der Waals surface area contributed by atoms with Crippen molar-refractivity contribution in [3.63, 3.8) is 0 Å². The number of hydrogen-bond acceptors (Lipinski definition) is 5. The minimum atomic E-state index is -1.11. The van der Waals surface area contributed by atoms with E-state index in [2.05, 4.69) is 15.1 Å². The van der Waals surface area contributed by atoms with Crippen molar-refractivity contribution in [2.24, 2.45) is 0 Å². The molecule has 0 saturated heterocycles. The fourth-order valence-corrected chi connectivity index (χ4v) is 1.17. The molecule has 16 heavy (non-hydrogen) atoms. The lowest BCUT2D eigenvalue weighted by Gasteiger charge is -1.96. The predicted molar refractivity (Wildman–Crippen MR) is 52.7 cm³/mol. The van der Waals surface area contributed by atoms with E-state index in [1.807, 2.05) is 0 Å². The number of carboxylic acid groups (broad SMARTS) is 1. The molecule has 2 rings (SSSR count). The summed E-state index contributed by atoms with van der Waals surface area (Å²) in [5, 5.41) is 12.8. The molecule has 2 heterocycles. The molecule has 2 aromatic rings. The van der Waals surface area contributed by atoms with Crippen LogP contribution in [0.25, 0.3) is 5.95 Å². The standard InChI is InChI=1S/C9H8N4O3/c1-16-7-6(8(14)15)5-13(12-7)9-10-3-2-4-11-9/h2-5H,1H3,(H,14,15). The second-order valence-corrected chi connectivity index (χ2v) is 2.85. The van der Waals surface area contributed by atoms with Gasteiger partial charge in [0.2, 0.25) is 5.88 Å². The molecule has 0 atom stereocenters. The number of aromatic nitrogens is 4. The normalized spacial score (nSPS) is 10.1. The summed E-state index contributed by atoms with van der Waals surface area (Å²) in [6.07, 6.45) is 4.38. The van der Waals surface area contributed by atoms with Gasteiger partial charge in [-0.3, -0.25) is 0 Å². The van der Waals surface area contributed by atoms with Gasteiger partial charge in [0.05, 0.1) is 13.3 Å². The van der Waals surface area contributed by atoms with Gasteiger partial charge in [-0.2, -0.15) is 0 Å². The highest BCUT2D eigenvalue weighted by molar-refractivity contribution is 5.90. The maximum atomic E-state index is 10.9. The van der Waals surface area contributed by atoms with Crippen LogP contribution in [0.1, 0.15) is 10.4 Å². The van der Waals surface area contributed by atoms with Crippen LogP contribution in [0.15, 0.2) is 24.7 Å². The Kier molecular flexibility index (Phi) is 2.50. The molecule has 0 aliphatic rings. The molecule has 0 unspecified atom stereocenters. The van der Waals surface area contributed by atoms with Crippen molar-refractivity contribution >= 4 is 5.97 Å². The lowest BCUT2D eigenvalue weighted by atomic mass is 10.3. The van der Waals surface area contributed by atoms with E-state index in [9.17, 15) is 4.79 Å². The first-order chi connectivity index (χ1) is 7.72. The number of rotatable bonds is 3. The highest BCUT2D eigenvalue weighted by atomic mass is 16.5. The quantitative estimate of drug-likeness (QED) is 0.803. The van der Waals surface area contributed by atoms with E-state index >= 15 is 0 Å². The average Bonchev–Trinajstić information content (AvgIpc) is 2.74. The molecule has 7 nitrogen and oxygen atoms in total. The summed E-state index contributed by atoms with van der Waals surface area (Å²) in [6, 6.07) is 1.66. The van der Waals surface area contributed by atoms with Crippen molar-refractivity contribution in [1.82, 2.24) is 19.7 Å². The van der Waals surface area contributed by atoms with Crippen LogP contribution in [0, 0.1) is 0 Å². The third-order valence-electron chi connectivity index (χ3n) is 1.86. The maximum Gasteiger partial charge on any atom is 0.342 e. The smallest absolute Gasteiger partial charge is 0.342 e. The van der Waals surface area contributed by atoms with E-state index in [4.69, 9.17) is 9.84 Å². The Morgan fingerprint density at radius 2 is 2.12 bits per heavy atom. The van der Waals surface area contributed by atoms with E-state index in [-0.39, 0.29) is 17.4 Å². The Balaban J connectivity index is 2.48. The number of nitrogens with zero attached hydrogens (tertiary/aromatic N) is 4. The van der Waals surface area contributed by atoms with E-state index < -0.39 is 5.97 Å². The monoisotopic (exact) mass is 220 g/mol. The second-order valence-electron chi connectivity index (χ2n) is 2.85. The van der Waals surface area contributed by atoms with Gasteiger partial charge in [0.15, 0.2) is 0 Å². The molecule has 0 saturated carbocycles. The minimum absolute atomic E-state index is 0.0277. The Morgan fingerprint density at radius 3 is 2.62 bits per heavy atom. The predicted octanol–water partition coefficient (Wildman–Crippen LogP) is 0.369. The van der Waals surface area contributed by atoms with Gasteiger partial charge in [0.1, 0.15) is 5.56 Å². The third kappa shape index (κ3) is 1.70. The summed E-state index contributed by atoms with van der Waals surface area (Å²) < 4.78 is 6.09. The minimum Gasteiger partial charge on any atom is -0.479 e. The maximum absolute atomic E-state index is 10.9. The van der Waals surface area contributed by atoms with Gasteiger partial charge < -0.3 is 9.84 Å². The molecule has 82 valence electrons. The number of aromatic carboxylic acids is 1. The first kappa shape index (κ1) is 10.1. The summed E-state index contributed by atoms with van der Waals surface area (Å²) in [4.78, 5) is 18.7. The number of carbonyl (C=O) groups is 1. The molecule has 2 aromatic heterocycles. The van der Waals surface area contributed by atoms with Crippen LogP contribution < -0.4 is 4.74 Å². The number of methoxy groups -OCH3 is 1. The first-order valence-electron chi connectivity index (χ1n) is 4.36. The van der Waals surface area contributed by atoms with Crippen molar-refractivity contribution in [1.29, 1.82) is 0 Å². The number of ether oxygens (including phenoxy) is 1. The lowest BCUT2D eigenvalue weighted by Crippen LogP contribution is -2.00. The number of carboxylic acids is 1. The van der Waals surface area contributed by atoms with Crippen LogP contribution in [0.4, 0.5) is 0 Å².